The van der Waals surface area contributed by atoms with Crippen LogP contribution in [0.5, 0.6) is 0 Å². The zero-order valence-electron chi connectivity index (χ0n) is 20.6. The van der Waals surface area contributed by atoms with Crippen molar-refractivity contribution in [2.24, 2.45) is 4.99 Å². The highest BCUT2D eigenvalue weighted by Gasteiger charge is 2.40. The van der Waals surface area contributed by atoms with Gasteiger partial charge in [-0.25, -0.2) is 4.79 Å². The summed E-state index contributed by atoms with van der Waals surface area (Å²) in [6, 6.07) is 2.68. The molecule has 13 heteroatoms. The van der Waals surface area contributed by atoms with Crippen molar-refractivity contribution in [3.63, 3.8) is 0 Å². The third-order valence-electron chi connectivity index (χ3n) is 6.77. The molecule has 0 fully saturated rings. The molecule has 2 aliphatic carbocycles. The van der Waals surface area contributed by atoms with Crippen molar-refractivity contribution in [2.75, 3.05) is 11.9 Å². The predicted octanol–water partition coefficient (Wildman–Crippen LogP) is 5.13. The molecule has 4 heterocycles. The Morgan fingerprint density at radius 3 is 2.92 bits per heavy atom. The number of hydrogen-bond donors (Lipinski definition) is 3. The number of halogens is 3. The molecule has 6 rings (SSSR count). The number of carbonyl (C=O) groups is 2. The van der Waals surface area contributed by atoms with Crippen molar-refractivity contribution in [3.8, 4) is 0 Å². The first-order valence-electron chi connectivity index (χ1n) is 12.4. The number of rotatable bonds is 5. The van der Waals surface area contributed by atoms with Gasteiger partial charge in [0.25, 0.3) is 0 Å². The average molecular weight is 561 g/mol. The summed E-state index contributed by atoms with van der Waals surface area (Å²) in [4.78, 5) is 33.1. The lowest BCUT2D eigenvalue weighted by Gasteiger charge is -2.31. The van der Waals surface area contributed by atoms with Gasteiger partial charge in [-0.05, 0) is 55.8 Å². The molecule has 0 amide bonds. The van der Waals surface area contributed by atoms with E-state index in [1.807, 2.05) is 0 Å². The van der Waals surface area contributed by atoms with E-state index in [-0.39, 0.29) is 29.9 Å². The summed E-state index contributed by atoms with van der Waals surface area (Å²) in [5.74, 6) is -0.772. The highest BCUT2D eigenvalue weighted by molar-refractivity contribution is 8.13. The number of ether oxygens (including phenoxy) is 2. The number of furan rings is 1. The number of Topliss-reactive ketones (excluding diaryl/α,β-unsaturated/α-hetero) is 1. The number of H-pyrrole nitrogens is 1. The maximum Gasteiger partial charge on any atom is 0.573 e. The minimum atomic E-state index is -4.77. The Bertz CT molecular complexity index is 1470. The van der Waals surface area contributed by atoms with E-state index in [1.54, 1.807) is 31.3 Å². The molecule has 2 aromatic heterocycles. The van der Waals surface area contributed by atoms with Crippen LogP contribution < -0.4 is 10.6 Å². The molecule has 0 spiro atoms. The van der Waals surface area contributed by atoms with Crippen LogP contribution in [-0.4, -0.2) is 47.0 Å². The molecular weight excluding hydrogens is 537 g/mol. The fourth-order valence-electron chi connectivity index (χ4n) is 5.20. The van der Waals surface area contributed by atoms with Gasteiger partial charge in [-0.3, -0.25) is 9.79 Å². The number of nitrogens with zero attached hydrogens (tertiary/aromatic N) is 1. The van der Waals surface area contributed by atoms with Gasteiger partial charge in [-0.15, -0.1) is 13.2 Å². The maximum absolute atomic E-state index is 13.0. The summed E-state index contributed by atoms with van der Waals surface area (Å²) in [7, 11) is 0. The van der Waals surface area contributed by atoms with Gasteiger partial charge in [-0.1, -0.05) is 6.08 Å². The quantitative estimate of drug-likeness (QED) is 0.431. The number of thioether (sulfide) groups is 1. The van der Waals surface area contributed by atoms with Crippen LogP contribution in [0.25, 0.3) is 0 Å². The molecule has 0 bridgehead atoms. The average Bonchev–Trinajstić information content (AvgIpc) is 3.60. The molecular formula is C26H23F3N4O5S. The fraction of sp³-hybridized carbons (Fsp3) is 0.346. The second kappa shape index (κ2) is 9.70. The number of fused-ring (bicyclic) bond motifs is 2. The first-order valence-corrected chi connectivity index (χ1v) is 13.2. The van der Waals surface area contributed by atoms with Gasteiger partial charge in [0.15, 0.2) is 16.0 Å². The normalized spacial score (nSPS) is 23.7. The molecule has 3 atom stereocenters. The van der Waals surface area contributed by atoms with Crippen LogP contribution in [-0.2, 0) is 14.3 Å². The largest absolute Gasteiger partial charge is 0.573 e. The minimum Gasteiger partial charge on any atom is -0.461 e. The van der Waals surface area contributed by atoms with Gasteiger partial charge in [0, 0.05) is 29.5 Å². The summed E-state index contributed by atoms with van der Waals surface area (Å²) in [6.45, 7) is 1.95. The van der Waals surface area contributed by atoms with E-state index in [2.05, 4.69) is 25.3 Å². The predicted molar refractivity (Wildman–Crippen MR) is 135 cm³/mol. The molecule has 0 saturated heterocycles. The van der Waals surface area contributed by atoms with Crippen molar-refractivity contribution in [1.29, 1.82) is 0 Å². The number of anilines is 1. The van der Waals surface area contributed by atoms with Crippen LogP contribution in [0.4, 0.5) is 18.9 Å². The number of esters is 1. The van der Waals surface area contributed by atoms with Crippen LogP contribution in [0, 0.1) is 0 Å². The van der Waals surface area contributed by atoms with E-state index in [9.17, 15) is 22.8 Å². The van der Waals surface area contributed by atoms with Gasteiger partial charge < -0.3 is 29.5 Å². The lowest BCUT2D eigenvalue weighted by Crippen LogP contribution is -2.33. The molecule has 2 aliphatic heterocycles. The number of carbonyl (C=O) groups excluding carboxylic acids is 2. The molecule has 39 heavy (non-hydrogen) atoms. The van der Waals surface area contributed by atoms with Crippen molar-refractivity contribution in [2.45, 2.75) is 55.6 Å². The third-order valence-corrected chi connectivity index (χ3v) is 7.60. The van der Waals surface area contributed by atoms with E-state index < -0.39 is 24.3 Å². The lowest BCUT2D eigenvalue weighted by molar-refractivity contribution is -0.303. The summed E-state index contributed by atoms with van der Waals surface area (Å²) >= 11 is 1.19. The number of hydrogen-bond acceptors (Lipinski definition) is 9. The van der Waals surface area contributed by atoms with Crippen molar-refractivity contribution in [3.05, 3.63) is 70.6 Å². The summed E-state index contributed by atoms with van der Waals surface area (Å²) in [5, 5.41) is 7.34. The summed E-state index contributed by atoms with van der Waals surface area (Å²) in [6.07, 6.45) is 2.85. The number of aromatic amines is 1. The van der Waals surface area contributed by atoms with Gasteiger partial charge in [-0.2, -0.15) is 0 Å². The molecule has 204 valence electrons. The topological polar surface area (TPSA) is 118 Å². The van der Waals surface area contributed by atoms with E-state index in [4.69, 9.17) is 9.15 Å². The van der Waals surface area contributed by atoms with Gasteiger partial charge in [0.05, 0.1) is 30.3 Å². The molecule has 3 unspecified atom stereocenters. The molecule has 0 aromatic carbocycles. The van der Waals surface area contributed by atoms with Crippen molar-refractivity contribution < 1.29 is 36.7 Å². The molecule has 2 aromatic rings. The molecule has 0 radical (unpaired) electrons. The van der Waals surface area contributed by atoms with E-state index in [0.29, 0.717) is 52.1 Å². The van der Waals surface area contributed by atoms with Gasteiger partial charge in [0.1, 0.15) is 17.2 Å². The first kappa shape index (κ1) is 25.4. The lowest BCUT2D eigenvalue weighted by atomic mass is 9.78. The Labute approximate surface area is 224 Å². The second-order valence-electron chi connectivity index (χ2n) is 9.27. The zero-order chi connectivity index (χ0) is 27.3. The monoisotopic (exact) mass is 560 g/mol. The number of aliphatic imine (C=N–C) groups is 1. The van der Waals surface area contributed by atoms with E-state index in [1.165, 1.54) is 23.9 Å². The Morgan fingerprint density at radius 1 is 1.28 bits per heavy atom. The Balaban J connectivity index is 1.25. The Hall–Kier alpha value is -3.87. The van der Waals surface area contributed by atoms with Crippen molar-refractivity contribution in [1.82, 2.24) is 10.3 Å². The standard InChI is InChI=1S/C26H23F3N4O5S/c1-2-36-24(35)23-22-13(11-30-23)20(21-15(31-22)4-3-5-17(21)34)18-8-9-19(37-18)39-25-32-14-7-6-12(10-16(14)33-25)38-26(27,28)29/h6-11,14,16,20,30-31H,2-5H2,1H3,(H,32,33). The van der Waals surface area contributed by atoms with Crippen LogP contribution >= 0.6 is 11.8 Å². The first-order chi connectivity index (χ1) is 18.7. The van der Waals surface area contributed by atoms with E-state index in [0.717, 1.165) is 5.70 Å². The number of alkyl halides is 3. The highest BCUT2D eigenvalue weighted by Crippen LogP contribution is 2.47. The van der Waals surface area contributed by atoms with E-state index >= 15 is 0 Å². The maximum atomic E-state index is 13.0. The molecule has 4 aliphatic rings. The Morgan fingerprint density at radius 2 is 2.13 bits per heavy atom. The minimum absolute atomic E-state index is 0.0188. The number of nitrogens with one attached hydrogen (secondary N) is 3. The van der Waals surface area contributed by atoms with Crippen LogP contribution in [0.3, 0.4) is 0 Å². The summed E-state index contributed by atoms with van der Waals surface area (Å²) in [5.41, 5.74) is 2.93. The number of ketones is 1. The molecule has 9 nitrogen and oxygen atoms in total. The van der Waals surface area contributed by atoms with Crippen LogP contribution in [0.1, 0.15) is 53.9 Å². The fourth-order valence-corrected chi connectivity index (χ4v) is 6.04. The van der Waals surface area contributed by atoms with Crippen molar-refractivity contribution >= 4 is 34.4 Å². The Kier molecular flexibility index (Phi) is 6.32. The number of allylic oxidation sites excluding steroid dienone is 3. The summed E-state index contributed by atoms with van der Waals surface area (Å²) < 4.78 is 53.1. The van der Waals surface area contributed by atoms with Gasteiger partial charge in [0.2, 0.25) is 0 Å². The number of amidine groups is 1. The smallest absolute Gasteiger partial charge is 0.461 e. The third kappa shape index (κ3) is 4.86. The van der Waals surface area contributed by atoms with Gasteiger partial charge >= 0.3 is 12.3 Å². The molecule has 3 N–H and O–H groups in total. The number of aromatic nitrogens is 1. The SMILES string of the molecule is CCOC(=O)c1[nH]cc2c1NC1=C(C(=O)CCC1)C2c1ccc(SC2=NC3C=CC(OC(F)(F)F)=CC3N2)o1. The highest BCUT2D eigenvalue weighted by atomic mass is 32.2. The van der Waals surface area contributed by atoms with Crippen LogP contribution in [0.15, 0.2) is 68.1 Å². The zero-order valence-corrected chi connectivity index (χ0v) is 21.4. The molecule has 0 saturated carbocycles. The second-order valence-corrected chi connectivity index (χ2v) is 10.3. The van der Waals surface area contributed by atoms with Crippen LogP contribution in [0.2, 0.25) is 0 Å².